The Hall–Kier alpha value is 1.78. The van der Waals surface area contributed by atoms with Gasteiger partial charge in [0.2, 0.25) is 0 Å². The molecule has 0 unspecified atom stereocenters. The van der Waals surface area contributed by atoms with Crippen LogP contribution in [-0.4, -0.2) is 0 Å². The summed E-state index contributed by atoms with van der Waals surface area (Å²) in [5.41, 5.74) is 0. The van der Waals surface area contributed by atoms with Crippen LogP contribution in [0.5, 0.6) is 0 Å². The van der Waals surface area contributed by atoms with Gasteiger partial charge in [0, 0.05) is 0 Å². The second-order valence-corrected chi connectivity index (χ2v) is 19.3. The fourth-order valence-corrected chi connectivity index (χ4v) is 0. The van der Waals surface area contributed by atoms with Crippen molar-refractivity contribution in [1.82, 2.24) is 0 Å². The van der Waals surface area contributed by atoms with Crippen LogP contribution in [0.1, 0.15) is 0 Å². The number of hydrogen-bond acceptors (Lipinski definition) is 1. The van der Waals surface area contributed by atoms with Gasteiger partial charge in [-0.2, -0.15) is 0 Å². The monoisotopic (exact) mass is 262 g/mol. The first kappa shape index (κ1) is 7.78. The molecule has 0 spiro atoms. The zero-order chi connectivity index (χ0) is 5.45. The molecule has 0 saturated carbocycles. The molecule has 45 valence electrons. The van der Waals surface area contributed by atoms with Crippen molar-refractivity contribution in [2.45, 2.75) is 0 Å². The summed E-state index contributed by atoms with van der Waals surface area (Å²) < 4.78 is 4.82. The van der Waals surface area contributed by atoms with E-state index < -0.39 is 10.5 Å². The molecule has 0 saturated heterocycles. The molecule has 0 aliphatic carbocycles. The summed E-state index contributed by atoms with van der Waals surface area (Å²) >= 11 is 0. The molecule has 0 aliphatic heterocycles. The van der Waals surface area contributed by atoms with Gasteiger partial charge in [0.25, 0.3) is 0 Å². The van der Waals surface area contributed by atoms with Crippen LogP contribution < -0.4 is 4.37 Å². The standard InChI is InChI=1S/4ClH.H2N.Pd/h4*1H;1H2;/q;;;;-1;+5/p-4. The third kappa shape index (κ3) is 41.6. The third-order valence-electron chi connectivity index (χ3n) is 0. The summed E-state index contributed by atoms with van der Waals surface area (Å²) in [4.78, 5) is 0. The Morgan fingerprint density at radius 2 is 1.00 bits per heavy atom. The molecule has 6 heavy (non-hydrogen) atoms. The Kier molecular flexibility index (Phi) is 2.12. The number of hydrogen-bond donors (Lipinski definition) is 1. The summed E-state index contributed by atoms with van der Waals surface area (Å²) in [6, 6.07) is 0. The van der Waals surface area contributed by atoms with Crippen molar-refractivity contribution in [2.75, 3.05) is 0 Å². The van der Waals surface area contributed by atoms with E-state index in [1.54, 1.807) is 0 Å². The van der Waals surface area contributed by atoms with Gasteiger partial charge in [-0.25, -0.2) is 0 Å². The van der Waals surface area contributed by atoms with Crippen LogP contribution in [0, 0.1) is 0 Å². The fourth-order valence-electron chi connectivity index (χ4n) is 0. The quantitative estimate of drug-likeness (QED) is 0.667. The molecule has 0 heterocycles. The second kappa shape index (κ2) is 1.63. The van der Waals surface area contributed by atoms with Crippen LogP contribution in [0.15, 0.2) is 0 Å². The predicted octanol–water partition coefficient (Wildman–Crippen LogP) is 2.16. The molecule has 0 fully saturated rings. The molecular formula is H2Cl4NPd. The van der Waals surface area contributed by atoms with E-state index in [-0.39, 0.29) is 0 Å². The summed E-state index contributed by atoms with van der Waals surface area (Å²) in [5.74, 6) is 0. The second-order valence-electron chi connectivity index (χ2n) is 0.547. The van der Waals surface area contributed by atoms with E-state index in [0.717, 1.165) is 0 Å². The summed E-state index contributed by atoms with van der Waals surface area (Å²) in [5, 5.41) is 0. The van der Waals surface area contributed by atoms with Gasteiger partial charge in [0.15, 0.2) is 0 Å². The van der Waals surface area contributed by atoms with Crippen molar-refractivity contribution >= 4 is 38.1 Å². The van der Waals surface area contributed by atoms with Crippen molar-refractivity contribution in [3.63, 3.8) is 0 Å². The molecule has 0 rings (SSSR count). The van der Waals surface area contributed by atoms with Crippen LogP contribution in [0.2, 0.25) is 0 Å². The van der Waals surface area contributed by atoms with Gasteiger partial charge in [0.1, 0.15) is 0 Å². The minimum atomic E-state index is -3.94. The molecule has 2 N–H and O–H groups in total. The topological polar surface area (TPSA) is 26.0 Å². The van der Waals surface area contributed by atoms with E-state index in [2.05, 4.69) is 0 Å². The Morgan fingerprint density at radius 3 is 1.00 bits per heavy atom. The molecule has 0 bridgehead atoms. The summed E-state index contributed by atoms with van der Waals surface area (Å²) in [7, 11) is 16.1. The molecular weight excluding hydrogens is 262 g/mol. The molecule has 0 amide bonds. The van der Waals surface area contributed by atoms with E-state index in [1.807, 2.05) is 0 Å². The normalized spacial score (nSPS) is 19.2. The van der Waals surface area contributed by atoms with Crippen LogP contribution in [0.25, 0.3) is 0 Å². The maximum absolute atomic E-state index is 5.02. The van der Waals surface area contributed by atoms with Crippen LogP contribution in [0.3, 0.4) is 0 Å². The van der Waals surface area contributed by atoms with Gasteiger partial charge in [-0.3, -0.25) is 0 Å². The third-order valence-corrected chi connectivity index (χ3v) is 0. The van der Waals surface area contributed by atoms with Crippen molar-refractivity contribution in [1.29, 1.82) is 0 Å². The first-order valence-corrected chi connectivity index (χ1v) is 9.57. The summed E-state index contributed by atoms with van der Waals surface area (Å²) in [6.07, 6.45) is 0. The Morgan fingerprint density at radius 1 is 1.00 bits per heavy atom. The van der Waals surface area contributed by atoms with Crippen molar-refractivity contribution < 1.29 is 10.5 Å². The molecule has 1 nitrogen and oxygen atoms in total. The molecule has 0 aromatic carbocycles. The zero-order valence-corrected chi connectivity index (χ0v) is 6.98. The van der Waals surface area contributed by atoms with Gasteiger partial charge in [-0.1, -0.05) is 0 Å². The number of nitrogens with two attached hydrogens (primary N) is 1. The Balaban J connectivity index is 3.73. The van der Waals surface area contributed by atoms with Gasteiger partial charge < -0.3 is 0 Å². The van der Waals surface area contributed by atoms with E-state index in [0.29, 0.717) is 0 Å². The molecule has 0 aromatic heterocycles. The van der Waals surface area contributed by atoms with Crippen LogP contribution >= 0.6 is 38.1 Å². The Labute approximate surface area is 52.7 Å². The van der Waals surface area contributed by atoms with E-state index in [1.165, 1.54) is 0 Å². The summed E-state index contributed by atoms with van der Waals surface area (Å²) in [6.45, 7) is 0. The van der Waals surface area contributed by atoms with Gasteiger partial charge in [-0.15, -0.1) is 0 Å². The van der Waals surface area contributed by atoms with E-state index >= 15 is 0 Å². The number of rotatable bonds is 0. The maximum atomic E-state index is 5.02. The van der Waals surface area contributed by atoms with Gasteiger partial charge in [-0.05, 0) is 0 Å². The minimum absolute atomic E-state index is 3.94. The average Bonchev–Trinajstić information content (AvgIpc) is 0.650. The first-order chi connectivity index (χ1) is 2.24. The zero-order valence-electron chi connectivity index (χ0n) is 2.41. The van der Waals surface area contributed by atoms with Crippen molar-refractivity contribution in [2.24, 2.45) is 4.37 Å². The molecule has 0 radical (unpaired) electrons. The Bertz CT molecular complexity index is 40.7. The van der Waals surface area contributed by atoms with Gasteiger partial charge >= 0.3 is 53.0 Å². The van der Waals surface area contributed by atoms with Crippen LogP contribution in [0.4, 0.5) is 0 Å². The first-order valence-electron chi connectivity index (χ1n) is 0.661. The van der Waals surface area contributed by atoms with Crippen molar-refractivity contribution in [3.05, 3.63) is 0 Å². The number of halogens is 4. The van der Waals surface area contributed by atoms with Crippen LogP contribution in [-0.2, 0) is 10.5 Å². The van der Waals surface area contributed by atoms with Crippen molar-refractivity contribution in [3.8, 4) is 0 Å². The molecule has 0 atom stereocenters. The van der Waals surface area contributed by atoms with E-state index in [9.17, 15) is 0 Å². The molecule has 0 aliphatic rings. The fraction of sp³-hybridized carbons (Fsp3) is 0. The SMILES string of the molecule is [NH2][Pd]([Cl])([Cl])([Cl])[Cl]. The van der Waals surface area contributed by atoms with Gasteiger partial charge in [0.05, 0.1) is 0 Å². The average molecular weight is 264 g/mol. The molecule has 6 heteroatoms. The molecule has 0 aromatic rings. The predicted molar refractivity (Wildman–Crippen MR) is 27.6 cm³/mol. The van der Waals surface area contributed by atoms with E-state index in [4.69, 9.17) is 42.5 Å².